The third-order valence-electron chi connectivity index (χ3n) is 3.84. The molecule has 1 heterocycles. The predicted molar refractivity (Wildman–Crippen MR) is 111 cm³/mol. The van der Waals surface area contributed by atoms with Gasteiger partial charge in [-0.05, 0) is 20.1 Å². The molecule has 3 aromatic rings. The molecule has 1 aromatic heterocycles. The van der Waals surface area contributed by atoms with Crippen molar-refractivity contribution in [3.63, 3.8) is 0 Å². The SMILES string of the molecule is COc1ccccc1P(c1ccccc1OC)c1c(S(=O)(=O)O)csc1Cl. The summed E-state index contributed by atoms with van der Waals surface area (Å²) in [7, 11) is -2.83. The van der Waals surface area contributed by atoms with E-state index < -0.39 is 18.0 Å². The van der Waals surface area contributed by atoms with Crippen LogP contribution in [-0.2, 0) is 10.1 Å². The second-order valence-corrected chi connectivity index (χ2v) is 10.3. The first-order valence-corrected chi connectivity index (χ1v) is 11.7. The van der Waals surface area contributed by atoms with E-state index in [-0.39, 0.29) is 4.90 Å². The van der Waals surface area contributed by atoms with Crippen molar-refractivity contribution in [2.24, 2.45) is 0 Å². The minimum atomic E-state index is -4.45. The summed E-state index contributed by atoms with van der Waals surface area (Å²) in [4.78, 5) is -0.194. The largest absolute Gasteiger partial charge is 0.496 e. The fourth-order valence-electron chi connectivity index (χ4n) is 2.69. The van der Waals surface area contributed by atoms with Gasteiger partial charge in [-0.15, -0.1) is 11.3 Å². The number of benzene rings is 2. The Hall–Kier alpha value is -1.63. The van der Waals surface area contributed by atoms with Crippen LogP contribution in [0.5, 0.6) is 11.5 Å². The molecule has 0 bridgehead atoms. The summed E-state index contributed by atoms with van der Waals surface area (Å²) in [5, 5.41) is 3.25. The van der Waals surface area contributed by atoms with Crippen LogP contribution in [-0.4, -0.2) is 27.2 Å². The molecule has 0 amide bonds. The quantitative estimate of drug-likeness (QED) is 0.468. The number of rotatable bonds is 6. The van der Waals surface area contributed by atoms with Gasteiger partial charge in [0.15, 0.2) is 0 Å². The molecule has 0 aliphatic carbocycles. The summed E-state index contributed by atoms with van der Waals surface area (Å²) in [6, 6.07) is 14.7. The molecule has 0 aliphatic heterocycles. The minimum Gasteiger partial charge on any atom is -0.496 e. The predicted octanol–water partition coefficient (Wildman–Crippen LogP) is 3.42. The van der Waals surface area contributed by atoms with E-state index in [1.165, 1.54) is 5.38 Å². The van der Waals surface area contributed by atoms with Crippen molar-refractivity contribution in [2.45, 2.75) is 4.90 Å². The van der Waals surface area contributed by atoms with Gasteiger partial charge in [-0.1, -0.05) is 48.0 Å². The molecule has 0 fully saturated rings. The summed E-state index contributed by atoms with van der Waals surface area (Å²) in [6.07, 6.45) is 0. The molecule has 0 radical (unpaired) electrons. The zero-order valence-corrected chi connectivity index (χ0v) is 17.7. The molecule has 0 saturated heterocycles. The van der Waals surface area contributed by atoms with Crippen LogP contribution in [0.25, 0.3) is 0 Å². The summed E-state index contributed by atoms with van der Waals surface area (Å²) in [5.41, 5.74) is 0. The monoisotopic (exact) mass is 442 g/mol. The Kier molecular flexibility index (Phi) is 6.08. The number of ether oxygens (including phenoxy) is 2. The topological polar surface area (TPSA) is 72.8 Å². The second-order valence-electron chi connectivity index (χ2n) is 5.38. The van der Waals surface area contributed by atoms with Crippen LogP contribution in [0.2, 0.25) is 4.34 Å². The van der Waals surface area contributed by atoms with Crippen molar-refractivity contribution in [3.8, 4) is 11.5 Å². The molecule has 3 rings (SSSR count). The maximum Gasteiger partial charge on any atom is 0.296 e. The van der Waals surface area contributed by atoms with E-state index in [9.17, 15) is 13.0 Å². The van der Waals surface area contributed by atoms with Crippen LogP contribution in [0.4, 0.5) is 0 Å². The minimum absolute atomic E-state index is 0.194. The molecule has 5 nitrogen and oxygen atoms in total. The molecule has 0 aliphatic rings. The van der Waals surface area contributed by atoms with Crippen molar-refractivity contribution in [3.05, 3.63) is 58.2 Å². The van der Waals surface area contributed by atoms with E-state index in [0.717, 1.165) is 21.9 Å². The Morgan fingerprint density at radius 3 is 1.89 bits per heavy atom. The van der Waals surface area contributed by atoms with Crippen molar-refractivity contribution < 1.29 is 22.4 Å². The fraction of sp³-hybridized carbons (Fsp3) is 0.111. The van der Waals surface area contributed by atoms with Crippen molar-refractivity contribution >= 4 is 56.9 Å². The number of halogens is 1. The van der Waals surface area contributed by atoms with Crippen LogP contribution in [0, 0.1) is 0 Å². The lowest BCUT2D eigenvalue weighted by molar-refractivity contribution is 0.417. The highest BCUT2D eigenvalue weighted by Gasteiger charge is 2.32. The molecular formula is C18H16ClO5PS2. The van der Waals surface area contributed by atoms with Gasteiger partial charge in [0, 0.05) is 21.3 Å². The zero-order valence-electron chi connectivity index (χ0n) is 14.4. The highest BCUT2D eigenvalue weighted by Crippen LogP contribution is 2.44. The molecule has 0 saturated carbocycles. The van der Waals surface area contributed by atoms with Gasteiger partial charge in [0.2, 0.25) is 0 Å². The summed E-state index contributed by atoms with van der Waals surface area (Å²) in [6.45, 7) is 0. The Bertz CT molecular complexity index is 1020. The molecule has 0 spiro atoms. The summed E-state index contributed by atoms with van der Waals surface area (Å²) >= 11 is 7.48. The second kappa shape index (κ2) is 8.17. The van der Waals surface area contributed by atoms with Gasteiger partial charge in [0.05, 0.1) is 14.2 Å². The number of methoxy groups -OCH3 is 2. The first kappa shape index (κ1) is 20.1. The summed E-state index contributed by atoms with van der Waals surface area (Å²) in [5.74, 6) is 1.19. The normalized spacial score (nSPS) is 11.6. The van der Waals surface area contributed by atoms with Gasteiger partial charge in [-0.2, -0.15) is 8.42 Å². The highest BCUT2D eigenvalue weighted by atomic mass is 35.5. The van der Waals surface area contributed by atoms with Crippen LogP contribution in [0.1, 0.15) is 0 Å². The molecule has 1 N–H and O–H groups in total. The standard InChI is InChI=1S/C18H16ClO5PS2/c1-23-12-7-3-5-9-14(12)25(15-10-6-4-8-13(15)24-2)17-16(27(20,21)22)11-26-18(17)19/h3-11H,1-2H3,(H,20,21,22). The molecule has 0 atom stereocenters. The molecule has 9 heteroatoms. The maximum atomic E-state index is 12.0. The van der Waals surface area contributed by atoms with E-state index in [4.69, 9.17) is 21.1 Å². The molecular weight excluding hydrogens is 427 g/mol. The molecule has 142 valence electrons. The van der Waals surface area contributed by atoms with Crippen LogP contribution in [0.15, 0.2) is 58.8 Å². The van der Waals surface area contributed by atoms with E-state index in [2.05, 4.69) is 0 Å². The lowest BCUT2D eigenvalue weighted by Gasteiger charge is -2.23. The Morgan fingerprint density at radius 2 is 1.44 bits per heavy atom. The van der Waals surface area contributed by atoms with Gasteiger partial charge in [0.25, 0.3) is 10.1 Å². The Balaban J connectivity index is 2.39. The first-order chi connectivity index (χ1) is 12.9. The van der Waals surface area contributed by atoms with Crippen LogP contribution in [0.3, 0.4) is 0 Å². The molecule has 27 heavy (non-hydrogen) atoms. The smallest absolute Gasteiger partial charge is 0.296 e. The van der Waals surface area contributed by atoms with E-state index in [0.29, 0.717) is 21.1 Å². The Morgan fingerprint density at radius 1 is 0.963 bits per heavy atom. The van der Waals surface area contributed by atoms with Crippen molar-refractivity contribution in [1.29, 1.82) is 0 Å². The summed E-state index contributed by atoms with van der Waals surface area (Å²) < 4.78 is 45.0. The first-order valence-electron chi connectivity index (χ1n) is 7.69. The lowest BCUT2D eigenvalue weighted by Crippen LogP contribution is -2.25. The van der Waals surface area contributed by atoms with Crippen molar-refractivity contribution in [1.82, 2.24) is 0 Å². The number of para-hydroxylation sites is 2. The van der Waals surface area contributed by atoms with Gasteiger partial charge >= 0.3 is 0 Å². The van der Waals surface area contributed by atoms with E-state index in [1.807, 2.05) is 36.4 Å². The average molecular weight is 443 g/mol. The maximum absolute atomic E-state index is 12.0. The van der Waals surface area contributed by atoms with E-state index in [1.54, 1.807) is 26.4 Å². The van der Waals surface area contributed by atoms with Gasteiger partial charge in [0.1, 0.15) is 20.7 Å². The fourth-order valence-corrected chi connectivity index (χ4v) is 8.42. The van der Waals surface area contributed by atoms with Gasteiger partial charge in [-0.25, -0.2) is 0 Å². The number of hydrogen-bond acceptors (Lipinski definition) is 5. The average Bonchev–Trinajstić information content (AvgIpc) is 3.04. The zero-order chi connectivity index (χ0) is 19.6. The van der Waals surface area contributed by atoms with E-state index >= 15 is 0 Å². The third kappa shape index (κ3) is 3.98. The third-order valence-corrected chi connectivity index (χ3v) is 9.14. The number of hydrogen-bond donors (Lipinski definition) is 1. The molecule has 2 aromatic carbocycles. The van der Waals surface area contributed by atoms with Crippen molar-refractivity contribution in [2.75, 3.05) is 14.2 Å². The lowest BCUT2D eigenvalue weighted by atomic mass is 10.3. The van der Waals surface area contributed by atoms with Gasteiger partial charge in [-0.3, -0.25) is 4.55 Å². The Labute approximate surface area is 168 Å². The molecule has 0 unspecified atom stereocenters. The van der Waals surface area contributed by atoms with Crippen LogP contribution >= 0.6 is 30.9 Å². The highest BCUT2D eigenvalue weighted by molar-refractivity contribution is 7.88. The van der Waals surface area contributed by atoms with Crippen LogP contribution < -0.4 is 25.4 Å². The number of thiophene rings is 1. The van der Waals surface area contributed by atoms with Gasteiger partial charge < -0.3 is 9.47 Å².